The van der Waals surface area contributed by atoms with Crippen LogP contribution in [0.4, 0.5) is 4.39 Å². The maximum atomic E-state index is 16.5. The van der Waals surface area contributed by atoms with E-state index in [1.807, 2.05) is 30.0 Å². The maximum Gasteiger partial charge on any atom is 0.355 e. The SMILES string of the molecule is CCCOC(=O)[C@H](C)NP(=O)(Oc1ccccc1)[C@@H](F)c1ccc2sc(C(=O)NCC3CCCC[C@H]4CC[C@@H](C(=O)N5C[C@@H](c6cccc(Cl)c6)[C@H](C#N)C56CC6)N4C3=O)cc2c1. The van der Waals surface area contributed by atoms with Crippen molar-refractivity contribution in [2.45, 2.75) is 107 Å². The van der Waals surface area contributed by atoms with Gasteiger partial charge >= 0.3 is 13.5 Å². The minimum absolute atomic E-state index is 0.0298. The molecule has 12 nitrogen and oxygen atoms in total. The molecule has 4 aromatic rings. The van der Waals surface area contributed by atoms with Crippen molar-refractivity contribution < 1.29 is 37.4 Å². The number of hydrogen-bond donors (Lipinski definition) is 2. The highest BCUT2D eigenvalue weighted by Crippen LogP contribution is 2.59. The summed E-state index contributed by atoms with van der Waals surface area (Å²) in [6.45, 7) is 3.92. The van der Waals surface area contributed by atoms with Gasteiger partial charge in [-0.2, -0.15) is 5.26 Å². The zero-order valence-corrected chi connectivity index (χ0v) is 37.8. The number of hydrogen-bond acceptors (Lipinski definition) is 9. The molecular formula is C47H52ClFN5O7PS. The molecule has 3 aliphatic heterocycles. The van der Waals surface area contributed by atoms with Crippen LogP contribution < -0.4 is 14.9 Å². The fraction of sp³-hybridized carbons (Fsp3) is 0.468. The van der Waals surface area contributed by atoms with Crippen molar-refractivity contribution in [2.24, 2.45) is 11.8 Å². The van der Waals surface area contributed by atoms with E-state index in [9.17, 15) is 29.0 Å². The molecule has 1 saturated carbocycles. The summed E-state index contributed by atoms with van der Waals surface area (Å²) in [6.07, 6.45) is 6.44. The van der Waals surface area contributed by atoms with Gasteiger partial charge in [-0.1, -0.05) is 67.8 Å². The molecule has 3 saturated heterocycles. The number of halogens is 2. The lowest BCUT2D eigenvalue weighted by Crippen LogP contribution is -2.55. The lowest BCUT2D eigenvalue weighted by atomic mass is 9.85. The van der Waals surface area contributed by atoms with Gasteiger partial charge in [0.1, 0.15) is 17.8 Å². The van der Waals surface area contributed by atoms with E-state index >= 15 is 4.39 Å². The van der Waals surface area contributed by atoms with Gasteiger partial charge in [0, 0.05) is 34.8 Å². The molecule has 4 fully saturated rings. The number of nitrogens with zero attached hydrogens (tertiary/aromatic N) is 3. The third kappa shape index (κ3) is 9.13. The zero-order chi connectivity index (χ0) is 44.5. The smallest absolute Gasteiger partial charge is 0.355 e. The van der Waals surface area contributed by atoms with Crippen LogP contribution in [0.25, 0.3) is 10.1 Å². The number of esters is 1. The summed E-state index contributed by atoms with van der Waals surface area (Å²) in [4.78, 5) is 59.5. The third-order valence-corrected chi connectivity index (χ3v) is 16.6. The first-order valence-corrected chi connectivity index (χ1v) is 24.8. The number of para-hydroxylation sites is 1. The number of alkyl halides is 1. The monoisotopic (exact) mass is 915 g/mol. The van der Waals surface area contributed by atoms with E-state index in [2.05, 4.69) is 16.5 Å². The summed E-state index contributed by atoms with van der Waals surface area (Å²) in [5, 5.41) is 17.1. The molecular weight excluding hydrogens is 864 g/mol. The molecule has 1 aromatic heterocycles. The zero-order valence-electron chi connectivity index (χ0n) is 35.3. The van der Waals surface area contributed by atoms with Crippen molar-refractivity contribution in [2.75, 3.05) is 19.7 Å². The predicted molar refractivity (Wildman–Crippen MR) is 239 cm³/mol. The van der Waals surface area contributed by atoms with Crippen LogP contribution in [0.3, 0.4) is 0 Å². The number of rotatable bonds is 14. The molecule has 1 aliphatic carbocycles. The van der Waals surface area contributed by atoms with Crippen molar-refractivity contribution in [1.82, 2.24) is 20.2 Å². The highest BCUT2D eigenvalue weighted by molar-refractivity contribution is 7.57. The number of benzene rings is 3. The number of nitriles is 1. The second-order valence-corrected chi connectivity index (χ2v) is 20.9. The summed E-state index contributed by atoms with van der Waals surface area (Å²) in [6, 6.07) is 22.6. The summed E-state index contributed by atoms with van der Waals surface area (Å²) < 4.78 is 42.5. The van der Waals surface area contributed by atoms with Crippen LogP contribution in [0, 0.1) is 23.2 Å². The minimum Gasteiger partial charge on any atom is -0.465 e. The fourth-order valence-corrected chi connectivity index (χ4v) is 12.8. The van der Waals surface area contributed by atoms with Crippen molar-refractivity contribution in [3.05, 3.63) is 99.9 Å². The standard InChI is InChI=1S/C47H52ClFN5O7PS/c1-3-22-60-46(58)29(2)52-62(59,61-36-14-5-4-6-15-36)42(49)31-16-19-40-33(23-31)25-41(63-40)43(55)51-27-32-10-7-8-13-35-17-18-39(54(35)44(32)56)45(57)53-28-37(30-11-9-12-34(48)24-30)38(26-50)47(53)20-21-47/h4-6,9,11-12,14-16,19,23-25,29,32,35,37-39,42H,3,7-8,10,13,17-18,20-22,27-28H2,1-2H3,(H,51,55)(H,52,59)/t29-,32?,35-,37-,38-,39-,42+,62?/m0/s1. The minimum atomic E-state index is -4.45. The van der Waals surface area contributed by atoms with Crippen LogP contribution >= 0.6 is 30.5 Å². The lowest BCUT2D eigenvalue weighted by molar-refractivity contribution is -0.149. The molecule has 2 N–H and O–H groups in total. The molecule has 0 radical (unpaired) electrons. The second-order valence-electron chi connectivity index (χ2n) is 17.3. The Morgan fingerprint density at radius 2 is 1.81 bits per heavy atom. The summed E-state index contributed by atoms with van der Waals surface area (Å²) in [5.74, 6) is -4.43. The number of fused-ring (bicyclic) bond motifs is 2. The van der Waals surface area contributed by atoms with Crippen molar-refractivity contribution in [1.29, 1.82) is 5.26 Å². The Kier molecular flexibility index (Phi) is 13.3. The molecule has 8 atom stereocenters. The van der Waals surface area contributed by atoms with Crippen LogP contribution in [0.15, 0.2) is 78.9 Å². The molecule has 0 bridgehead atoms. The van der Waals surface area contributed by atoms with Gasteiger partial charge in [0.2, 0.25) is 17.7 Å². The van der Waals surface area contributed by atoms with Gasteiger partial charge in [0.05, 0.1) is 34.9 Å². The van der Waals surface area contributed by atoms with Gasteiger partial charge in [-0.3, -0.25) is 23.7 Å². The molecule has 16 heteroatoms. The number of nitrogens with one attached hydrogen (secondary N) is 2. The third-order valence-electron chi connectivity index (χ3n) is 13.1. The van der Waals surface area contributed by atoms with Crippen molar-refractivity contribution >= 4 is 64.2 Å². The Labute approximate surface area is 375 Å². The second kappa shape index (κ2) is 18.7. The average molecular weight is 916 g/mol. The van der Waals surface area contributed by atoms with E-state index in [4.69, 9.17) is 20.9 Å². The quantitative estimate of drug-likeness (QED) is 0.0929. The Bertz CT molecular complexity index is 2460. The van der Waals surface area contributed by atoms with Crippen LogP contribution in [0.2, 0.25) is 5.02 Å². The van der Waals surface area contributed by atoms with Gasteiger partial charge in [-0.25, -0.2) is 9.48 Å². The number of ether oxygens (including phenoxy) is 1. The highest BCUT2D eigenvalue weighted by Gasteiger charge is 2.64. The van der Waals surface area contributed by atoms with E-state index in [1.165, 1.54) is 30.4 Å². The first-order valence-electron chi connectivity index (χ1n) is 21.9. The molecule has 63 heavy (non-hydrogen) atoms. The highest BCUT2D eigenvalue weighted by atomic mass is 35.5. The normalized spacial score (nSPS) is 24.7. The maximum absolute atomic E-state index is 16.5. The van der Waals surface area contributed by atoms with Crippen LogP contribution in [0.1, 0.15) is 104 Å². The first kappa shape index (κ1) is 44.8. The topological polar surface area (TPSA) is 158 Å². The lowest BCUT2D eigenvalue weighted by Gasteiger charge is -2.37. The molecule has 3 aromatic carbocycles. The Morgan fingerprint density at radius 1 is 1.03 bits per heavy atom. The Balaban J connectivity index is 0.957. The average Bonchev–Trinajstić information content (AvgIpc) is 3.60. The number of carbonyl (C=O) groups is 4. The van der Waals surface area contributed by atoms with Gasteiger partial charge in [-0.05, 0) is 111 Å². The number of amides is 3. The molecule has 2 unspecified atom stereocenters. The van der Waals surface area contributed by atoms with Gasteiger partial charge in [-0.15, -0.1) is 11.3 Å². The molecule has 4 heterocycles. The van der Waals surface area contributed by atoms with E-state index in [-0.39, 0.29) is 54.2 Å². The van der Waals surface area contributed by atoms with Gasteiger partial charge < -0.3 is 24.4 Å². The Hall–Kier alpha value is -4.80. The Morgan fingerprint density at radius 3 is 2.54 bits per heavy atom. The summed E-state index contributed by atoms with van der Waals surface area (Å²) in [5.41, 5.74) is 0.427. The summed E-state index contributed by atoms with van der Waals surface area (Å²) in [7, 11) is -4.45. The number of thiophene rings is 1. The largest absolute Gasteiger partial charge is 0.465 e. The first-order chi connectivity index (χ1) is 30.4. The molecule has 4 aliphatic rings. The van der Waals surface area contributed by atoms with E-state index in [0.29, 0.717) is 45.8 Å². The van der Waals surface area contributed by atoms with Crippen LogP contribution in [0.5, 0.6) is 5.75 Å². The summed E-state index contributed by atoms with van der Waals surface area (Å²) >= 11 is 7.55. The number of carbonyl (C=O) groups excluding carboxylic acids is 4. The van der Waals surface area contributed by atoms with E-state index in [0.717, 1.165) is 44.1 Å². The van der Waals surface area contributed by atoms with E-state index < -0.39 is 48.8 Å². The van der Waals surface area contributed by atoms with Gasteiger partial charge in [0.15, 0.2) is 0 Å². The molecule has 3 amide bonds. The van der Waals surface area contributed by atoms with Crippen molar-refractivity contribution in [3.63, 3.8) is 0 Å². The molecule has 1 spiro atoms. The number of likely N-dealkylation sites (tertiary alicyclic amines) is 1. The predicted octanol–water partition coefficient (Wildman–Crippen LogP) is 9.30. The van der Waals surface area contributed by atoms with E-state index in [1.54, 1.807) is 53.4 Å². The van der Waals surface area contributed by atoms with Crippen LogP contribution in [-0.2, 0) is 23.7 Å². The van der Waals surface area contributed by atoms with Crippen molar-refractivity contribution in [3.8, 4) is 11.8 Å². The molecule has 332 valence electrons. The van der Waals surface area contributed by atoms with Crippen LogP contribution in [-0.4, -0.2) is 76.9 Å². The molecule has 8 rings (SSSR count). The fourth-order valence-electron chi connectivity index (χ4n) is 9.75. The van der Waals surface area contributed by atoms with Gasteiger partial charge in [0.25, 0.3) is 5.91 Å².